The second-order valence-corrected chi connectivity index (χ2v) is 9.66. The molecule has 2 saturated carbocycles. The first kappa shape index (κ1) is 21.6. The number of carbonyl (C=O) groups excluding carboxylic acids is 1. The number of alkyl halides is 3. The van der Waals surface area contributed by atoms with Gasteiger partial charge in [-0.05, 0) is 48.4 Å². The Kier molecular flexibility index (Phi) is 5.21. The Morgan fingerprint density at radius 1 is 1.24 bits per heavy atom. The van der Waals surface area contributed by atoms with Crippen molar-refractivity contribution in [3.63, 3.8) is 0 Å². The number of rotatable bonds is 6. The summed E-state index contributed by atoms with van der Waals surface area (Å²) in [5.41, 5.74) is -3.56. The van der Waals surface area contributed by atoms with Crippen LogP contribution in [0.15, 0.2) is 29.4 Å². The summed E-state index contributed by atoms with van der Waals surface area (Å²) in [5.74, 6) is -0.458. The van der Waals surface area contributed by atoms with Crippen LogP contribution in [0.25, 0.3) is 0 Å². The molecule has 0 saturated heterocycles. The first-order valence-electron chi connectivity index (χ1n) is 9.07. The zero-order valence-electron chi connectivity index (χ0n) is 16.2. The third-order valence-electron chi connectivity index (χ3n) is 6.44. The highest BCUT2D eigenvalue weighted by Crippen LogP contribution is 2.64. The van der Waals surface area contributed by atoms with Crippen molar-refractivity contribution in [1.29, 1.82) is 0 Å². The normalized spacial score (nSPS) is 26.6. The lowest BCUT2D eigenvalue weighted by Gasteiger charge is -2.35. The molecule has 0 heterocycles. The molecule has 0 amide bonds. The third kappa shape index (κ3) is 3.74. The Morgan fingerprint density at radius 2 is 1.86 bits per heavy atom. The average Bonchev–Trinajstić information content (AvgIpc) is 2.95. The molecule has 29 heavy (non-hydrogen) atoms. The van der Waals surface area contributed by atoms with Crippen LogP contribution >= 0.6 is 0 Å². The fourth-order valence-electron chi connectivity index (χ4n) is 4.55. The van der Waals surface area contributed by atoms with E-state index in [4.69, 9.17) is 4.74 Å². The lowest BCUT2D eigenvalue weighted by atomic mass is 9.70. The molecule has 0 N–H and O–H groups in total. The summed E-state index contributed by atoms with van der Waals surface area (Å²) in [6.07, 6.45) is -3.58. The molecular weight excluding hydrogens is 411 g/mol. The van der Waals surface area contributed by atoms with Crippen molar-refractivity contribution >= 4 is 21.6 Å². The number of halogens is 3. The van der Waals surface area contributed by atoms with Gasteiger partial charge in [0.05, 0.1) is 12.5 Å². The quantitative estimate of drug-likeness (QED) is 0.505. The van der Waals surface area contributed by atoms with Gasteiger partial charge >= 0.3 is 16.3 Å². The summed E-state index contributed by atoms with van der Waals surface area (Å²) in [6, 6.07) is 4.79. The molecule has 6 nitrogen and oxygen atoms in total. The van der Waals surface area contributed by atoms with Gasteiger partial charge in [0, 0.05) is 12.0 Å². The van der Waals surface area contributed by atoms with Crippen LogP contribution in [0.4, 0.5) is 13.2 Å². The summed E-state index contributed by atoms with van der Waals surface area (Å²) < 4.78 is 74.6. The van der Waals surface area contributed by atoms with Gasteiger partial charge in [-0.3, -0.25) is 9.08 Å². The van der Waals surface area contributed by atoms with Crippen molar-refractivity contribution in [1.82, 2.24) is 0 Å². The van der Waals surface area contributed by atoms with Gasteiger partial charge in [0.15, 0.2) is 5.71 Å². The number of benzene rings is 1. The molecule has 2 aliphatic rings. The summed E-state index contributed by atoms with van der Waals surface area (Å²) in [6.45, 7) is 3.65. The van der Waals surface area contributed by atoms with E-state index in [1.807, 2.05) is 13.8 Å². The lowest BCUT2D eigenvalue weighted by molar-refractivity contribution is -0.128. The summed E-state index contributed by atoms with van der Waals surface area (Å²) in [5, 5.41) is 2.94. The van der Waals surface area contributed by atoms with Gasteiger partial charge in [0.25, 0.3) is 0 Å². The number of carbonyl (C=O) groups is 1. The minimum absolute atomic E-state index is 0.0683. The maximum Gasteiger partial charge on any atom is 0.437 e. The van der Waals surface area contributed by atoms with E-state index >= 15 is 0 Å². The Hall–Kier alpha value is -2.10. The monoisotopic (exact) mass is 433 g/mol. The number of hydrogen-bond acceptors (Lipinski definition) is 6. The molecule has 2 fully saturated rings. The van der Waals surface area contributed by atoms with Gasteiger partial charge in [0.1, 0.15) is 17.3 Å². The minimum atomic E-state index is -4.94. The van der Waals surface area contributed by atoms with Crippen LogP contribution in [-0.4, -0.2) is 39.0 Å². The van der Waals surface area contributed by atoms with Gasteiger partial charge < -0.3 is 4.74 Å². The topological polar surface area (TPSA) is 82.0 Å². The van der Waals surface area contributed by atoms with Gasteiger partial charge in [-0.25, -0.2) is 0 Å². The van der Waals surface area contributed by atoms with E-state index in [1.54, 1.807) is 0 Å². The highest BCUT2D eigenvalue weighted by molar-refractivity contribution is 7.86. The van der Waals surface area contributed by atoms with Gasteiger partial charge in [-0.15, -0.1) is 0 Å². The van der Waals surface area contributed by atoms with E-state index < -0.39 is 38.6 Å². The predicted octanol–water partition coefficient (Wildman–Crippen LogP) is 3.70. The molecule has 0 spiro atoms. The number of Topliss-reactive ketones (excluding diaryl/α,β-unsaturated/α-hetero) is 1. The van der Waals surface area contributed by atoms with Crippen molar-refractivity contribution in [3.8, 4) is 5.75 Å². The Balaban J connectivity index is 1.87. The summed E-state index contributed by atoms with van der Waals surface area (Å²) in [7, 11) is -3.16. The lowest BCUT2D eigenvalue weighted by Crippen LogP contribution is -2.42. The maximum atomic E-state index is 13.4. The molecule has 3 rings (SSSR count). The molecule has 10 heteroatoms. The number of methoxy groups -OCH3 is 1. The number of oxime groups is 1. The molecule has 2 aliphatic carbocycles. The molecule has 1 aromatic rings. The molecule has 0 aromatic heterocycles. The van der Waals surface area contributed by atoms with E-state index in [0.29, 0.717) is 18.6 Å². The first-order valence-corrected chi connectivity index (χ1v) is 10.6. The Labute approximate surface area is 167 Å². The Bertz CT molecular complexity index is 938. The van der Waals surface area contributed by atoms with Crippen LogP contribution in [0, 0.1) is 16.7 Å². The second kappa shape index (κ2) is 7.00. The molecule has 2 unspecified atom stereocenters. The van der Waals surface area contributed by atoms with Crippen molar-refractivity contribution in [3.05, 3.63) is 29.8 Å². The molecule has 2 atom stereocenters. The number of ether oxygens (including phenoxy) is 1. The van der Waals surface area contributed by atoms with E-state index in [-0.39, 0.29) is 23.7 Å². The number of hydrogen-bond donors (Lipinski definition) is 0. The first-order chi connectivity index (χ1) is 13.3. The molecule has 2 bridgehead atoms. The fraction of sp³-hybridized carbons (Fsp3) is 0.579. The molecular formula is C19H22F3NO5S. The van der Waals surface area contributed by atoms with Crippen LogP contribution in [0.5, 0.6) is 5.75 Å². The standard InChI is InChI=1S/C19H22F3NO5S/c1-17(2)13-8-9-18(17,15(24)10-13)11-29(25,26)28-23-16(19(20,21)22)12-4-6-14(27-3)7-5-12/h4-7,13H,8-11H2,1-3H3. The van der Waals surface area contributed by atoms with Crippen molar-refractivity contribution < 1.29 is 35.4 Å². The third-order valence-corrected chi connectivity index (χ3v) is 7.58. The highest BCUT2D eigenvalue weighted by Gasteiger charge is 2.65. The van der Waals surface area contributed by atoms with E-state index in [9.17, 15) is 26.4 Å². The van der Waals surface area contributed by atoms with Crippen LogP contribution < -0.4 is 4.74 Å². The summed E-state index contributed by atoms with van der Waals surface area (Å²) in [4.78, 5) is 12.5. The van der Waals surface area contributed by atoms with Crippen molar-refractivity contribution in [2.24, 2.45) is 21.9 Å². The van der Waals surface area contributed by atoms with Gasteiger partial charge in [-0.2, -0.15) is 21.6 Å². The predicted molar refractivity (Wildman–Crippen MR) is 99.0 cm³/mol. The van der Waals surface area contributed by atoms with E-state index in [2.05, 4.69) is 9.44 Å². The molecule has 160 valence electrons. The SMILES string of the molecule is COc1ccc(C(=NOS(=O)(=O)CC23CCC(CC2=O)C3(C)C)C(F)(F)F)cc1. The molecule has 0 radical (unpaired) electrons. The van der Waals surface area contributed by atoms with Crippen LogP contribution in [0.1, 0.15) is 38.7 Å². The largest absolute Gasteiger partial charge is 0.497 e. The smallest absolute Gasteiger partial charge is 0.437 e. The van der Waals surface area contributed by atoms with Crippen LogP contribution in [-0.2, 0) is 19.2 Å². The zero-order chi connectivity index (χ0) is 21.7. The minimum Gasteiger partial charge on any atom is -0.497 e. The summed E-state index contributed by atoms with van der Waals surface area (Å²) >= 11 is 0. The molecule has 1 aromatic carbocycles. The maximum absolute atomic E-state index is 13.4. The number of fused-ring (bicyclic) bond motifs is 2. The zero-order valence-corrected chi connectivity index (χ0v) is 17.1. The second-order valence-electron chi connectivity index (χ2n) is 8.11. The van der Waals surface area contributed by atoms with Crippen molar-refractivity contribution in [2.45, 2.75) is 39.3 Å². The van der Waals surface area contributed by atoms with Gasteiger partial charge in [0.2, 0.25) is 0 Å². The van der Waals surface area contributed by atoms with Crippen LogP contribution in [0.2, 0.25) is 0 Å². The van der Waals surface area contributed by atoms with E-state index in [1.165, 1.54) is 19.2 Å². The molecule has 0 aliphatic heterocycles. The Morgan fingerprint density at radius 3 is 2.31 bits per heavy atom. The fourth-order valence-corrected chi connectivity index (χ4v) is 6.07. The van der Waals surface area contributed by atoms with Crippen LogP contribution in [0.3, 0.4) is 0 Å². The van der Waals surface area contributed by atoms with E-state index in [0.717, 1.165) is 12.1 Å². The highest BCUT2D eigenvalue weighted by atomic mass is 32.2. The van der Waals surface area contributed by atoms with Crippen molar-refractivity contribution in [2.75, 3.05) is 12.9 Å². The average molecular weight is 433 g/mol. The van der Waals surface area contributed by atoms with Gasteiger partial charge in [-0.1, -0.05) is 19.0 Å². The number of nitrogens with zero attached hydrogens (tertiary/aromatic N) is 1. The number of ketones is 1.